The number of ether oxygens (including phenoxy) is 1. The van der Waals surface area contributed by atoms with Crippen molar-refractivity contribution in [3.63, 3.8) is 0 Å². The van der Waals surface area contributed by atoms with Crippen molar-refractivity contribution in [2.45, 2.75) is 20.8 Å². The van der Waals surface area contributed by atoms with Gasteiger partial charge in [0, 0.05) is 5.56 Å². The lowest BCUT2D eigenvalue weighted by atomic mass is 10.0. The van der Waals surface area contributed by atoms with E-state index in [0.717, 1.165) is 22.4 Å². The molecule has 0 radical (unpaired) electrons. The summed E-state index contributed by atoms with van der Waals surface area (Å²) in [6.07, 6.45) is 0. The molecule has 0 atom stereocenters. The largest absolute Gasteiger partial charge is 0.492 e. The van der Waals surface area contributed by atoms with Crippen LogP contribution in [0.1, 0.15) is 28.4 Å². The first-order valence-corrected chi connectivity index (χ1v) is 5.40. The van der Waals surface area contributed by atoms with Crippen molar-refractivity contribution < 1.29 is 9.53 Å². The molecule has 0 spiro atoms. The van der Waals surface area contributed by atoms with Gasteiger partial charge in [-0.2, -0.15) is 0 Å². The molecule has 3 heteroatoms. The van der Waals surface area contributed by atoms with Crippen molar-refractivity contribution in [2.24, 2.45) is 0 Å². The Hall–Kier alpha value is -1.02. The molecule has 15 heavy (non-hydrogen) atoms. The van der Waals surface area contributed by atoms with E-state index in [4.69, 9.17) is 16.3 Å². The van der Waals surface area contributed by atoms with Crippen molar-refractivity contribution >= 4 is 17.4 Å². The number of rotatable bonds is 4. The number of halogens is 1. The number of carbonyl (C=O) groups is 1. The molecular weight excluding hydrogens is 212 g/mol. The molecule has 0 fully saturated rings. The lowest BCUT2D eigenvalue weighted by Gasteiger charge is -2.12. The van der Waals surface area contributed by atoms with Gasteiger partial charge in [-0.3, -0.25) is 4.79 Å². The fourth-order valence-electron chi connectivity index (χ4n) is 1.52. The summed E-state index contributed by atoms with van der Waals surface area (Å²) >= 11 is 5.56. The van der Waals surface area contributed by atoms with Crippen molar-refractivity contribution in [3.8, 4) is 5.75 Å². The summed E-state index contributed by atoms with van der Waals surface area (Å²) < 4.78 is 5.51. The van der Waals surface area contributed by atoms with E-state index in [0.29, 0.717) is 12.5 Å². The van der Waals surface area contributed by atoms with Crippen LogP contribution in [0.4, 0.5) is 0 Å². The zero-order chi connectivity index (χ0) is 11.4. The first kappa shape index (κ1) is 12.1. The summed E-state index contributed by atoms with van der Waals surface area (Å²) in [5.74, 6) is 1.37. The Kier molecular flexibility index (Phi) is 4.15. The summed E-state index contributed by atoms with van der Waals surface area (Å²) in [5.41, 5.74) is 2.68. The predicted octanol–water partition coefficient (Wildman–Crippen LogP) is 3.12. The fourth-order valence-corrected chi connectivity index (χ4v) is 1.60. The zero-order valence-corrected chi connectivity index (χ0v) is 10.0. The maximum Gasteiger partial charge on any atom is 0.159 e. The molecule has 0 heterocycles. The third-order valence-corrected chi connectivity index (χ3v) is 2.34. The minimum atomic E-state index is 0.0742. The Balaban J connectivity index is 3.04. The maximum atomic E-state index is 11.2. The van der Waals surface area contributed by atoms with Crippen molar-refractivity contribution in [1.29, 1.82) is 0 Å². The molecule has 0 aliphatic rings. The fraction of sp³-hybridized carbons (Fsp3) is 0.417. The average Bonchev–Trinajstić information content (AvgIpc) is 2.16. The number of aryl methyl sites for hydroxylation is 2. The topological polar surface area (TPSA) is 26.3 Å². The predicted molar refractivity (Wildman–Crippen MR) is 62.1 cm³/mol. The highest BCUT2D eigenvalue weighted by molar-refractivity contribution is 6.18. The van der Waals surface area contributed by atoms with Crippen LogP contribution in [0, 0.1) is 13.8 Å². The van der Waals surface area contributed by atoms with Crippen LogP contribution < -0.4 is 4.74 Å². The number of hydrogen-bond acceptors (Lipinski definition) is 2. The van der Waals surface area contributed by atoms with Gasteiger partial charge in [-0.05, 0) is 44.0 Å². The summed E-state index contributed by atoms with van der Waals surface area (Å²) in [4.78, 5) is 11.2. The SMILES string of the molecule is CC(=O)c1cc(C)c(OCCCl)c(C)c1. The molecule has 0 amide bonds. The number of alkyl halides is 1. The molecule has 0 aliphatic heterocycles. The molecule has 0 aliphatic carbocycles. The van der Waals surface area contributed by atoms with E-state index in [1.54, 1.807) is 6.92 Å². The van der Waals surface area contributed by atoms with Gasteiger partial charge < -0.3 is 4.74 Å². The van der Waals surface area contributed by atoms with Crippen LogP contribution >= 0.6 is 11.6 Å². The number of hydrogen-bond donors (Lipinski definition) is 0. The van der Waals surface area contributed by atoms with E-state index in [9.17, 15) is 4.79 Å². The first-order valence-electron chi connectivity index (χ1n) is 4.87. The summed E-state index contributed by atoms with van der Waals surface area (Å²) in [6, 6.07) is 3.69. The number of benzene rings is 1. The van der Waals surface area contributed by atoms with E-state index in [2.05, 4.69) is 0 Å². The third kappa shape index (κ3) is 2.96. The van der Waals surface area contributed by atoms with Gasteiger partial charge in [-0.1, -0.05) is 0 Å². The molecule has 2 nitrogen and oxygen atoms in total. The van der Waals surface area contributed by atoms with Crippen LogP contribution in [-0.4, -0.2) is 18.3 Å². The molecule has 0 saturated carbocycles. The molecule has 0 unspecified atom stereocenters. The minimum absolute atomic E-state index is 0.0742. The Morgan fingerprint density at radius 3 is 2.27 bits per heavy atom. The molecule has 1 aromatic rings. The molecule has 0 saturated heterocycles. The van der Waals surface area contributed by atoms with Crippen molar-refractivity contribution in [2.75, 3.05) is 12.5 Å². The maximum absolute atomic E-state index is 11.2. The zero-order valence-electron chi connectivity index (χ0n) is 9.26. The van der Waals surface area contributed by atoms with Crippen molar-refractivity contribution in [1.82, 2.24) is 0 Å². The third-order valence-electron chi connectivity index (χ3n) is 2.19. The molecular formula is C12H15ClO2. The summed E-state index contributed by atoms with van der Waals surface area (Å²) in [7, 11) is 0. The monoisotopic (exact) mass is 226 g/mol. The van der Waals surface area contributed by atoms with Gasteiger partial charge >= 0.3 is 0 Å². The lowest BCUT2D eigenvalue weighted by molar-refractivity contribution is 0.101. The van der Waals surface area contributed by atoms with E-state index in [1.165, 1.54) is 0 Å². The molecule has 0 N–H and O–H groups in total. The Bertz CT molecular complexity index is 349. The van der Waals surface area contributed by atoms with Gasteiger partial charge in [0.2, 0.25) is 0 Å². The standard InChI is InChI=1S/C12H15ClO2/c1-8-6-11(10(3)14)7-9(2)12(8)15-5-4-13/h6-7H,4-5H2,1-3H3. The van der Waals surface area contributed by atoms with Crippen LogP contribution in [0.2, 0.25) is 0 Å². The Morgan fingerprint density at radius 2 is 1.87 bits per heavy atom. The average molecular weight is 227 g/mol. The van der Waals surface area contributed by atoms with E-state index >= 15 is 0 Å². The van der Waals surface area contributed by atoms with Gasteiger partial charge in [0.15, 0.2) is 5.78 Å². The van der Waals surface area contributed by atoms with Crippen LogP contribution in [0.5, 0.6) is 5.75 Å². The highest BCUT2D eigenvalue weighted by Gasteiger charge is 2.08. The number of ketones is 1. The van der Waals surface area contributed by atoms with Gasteiger partial charge in [-0.15, -0.1) is 11.6 Å². The normalized spacial score (nSPS) is 10.1. The van der Waals surface area contributed by atoms with E-state index in [-0.39, 0.29) is 5.78 Å². The van der Waals surface area contributed by atoms with E-state index in [1.807, 2.05) is 26.0 Å². The Morgan fingerprint density at radius 1 is 1.33 bits per heavy atom. The molecule has 0 aromatic heterocycles. The molecule has 1 aromatic carbocycles. The Labute approximate surface area is 95.2 Å². The number of carbonyl (C=O) groups excluding carboxylic acids is 1. The second kappa shape index (κ2) is 5.17. The van der Waals surface area contributed by atoms with Crippen molar-refractivity contribution in [3.05, 3.63) is 28.8 Å². The lowest BCUT2D eigenvalue weighted by Crippen LogP contribution is -2.03. The van der Waals surface area contributed by atoms with Gasteiger partial charge in [-0.25, -0.2) is 0 Å². The summed E-state index contributed by atoms with van der Waals surface area (Å²) in [5, 5.41) is 0. The first-order chi connectivity index (χ1) is 7.06. The highest BCUT2D eigenvalue weighted by atomic mass is 35.5. The highest BCUT2D eigenvalue weighted by Crippen LogP contribution is 2.25. The smallest absolute Gasteiger partial charge is 0.159 e. The van der Waals surface area contributed by atoms with Crippen LogP contribution in [0.3, 0.4) is 0 Å². The van der Waals surface area contributed by atoms with Crippen LogP contribution in [0.25, 0.3) is 0 Å². The summed E-state index contributed by atoms with van der Waals surface area (Å²) in [6.45, 7) is 5.92. The molecule has 1 rings (SSSR count). The van der Waals surface area contributed by atoms with Gasteiger partial charge in [0.25, 0.3) is 0 Å². The van der Waals surface area contributed by atoms with Crippen LogP contribution in [0.15, 0.2) is 12.1 Å². The van der Waals surface area contributed by atoms with E-state index < -0.39 is 0 Å². The molecule has 0 bridgehead atoms. The number of Topliss-reactive ketones (excluding diaryl/α,β-unsaturated/α-hetero) is 1. The van der Waals surface area contributed by atoms with Crippen LogP contribution in [-0.2, 0) is 0 Å². The quantitative estimate of drug-likeness (QED) is 0.583. The molecule has 82 valence electrons. The second-order valence-electron chi connectivity index (χ2n) is 3.53. The second-order valence-corrected chi connectivity index (χ2v) is 3.91. The van der Waals surface area contributed by atoms with Gasteiger partial charge in [0.05, 0.1) is 5.88 Å². The minimum Gasteiger partial charge on any atom is -0.492 e. The van der Waals surface area contributed by atoms with Gasteiger partial charge in [0.1, 0.15) is 12.4 Å².